The molecule has 2 saturated heterocycles. The number of hydrogen-bond donors (Lipinski definition) is 0. The van der Waals surface area contributed by atoms with Crippen molar-refractivity contribution in [3.05, 3.63) is 41.7 Å². The molecule has 0 radical (unpaired) electrons. The zero-order valence-corrected chi connectivity index (χ0v) is 14.5. The average molecular weight is 313 g/mol. The Morgan fingerprint density at radius 3 is 2.74 bits per heavy atom. The topological polar surface area (TPSA) is 36.4 Å². The summed E-state index contributed by atoms with van der Waals surface area (Å²) in [5.41, 5.74) is 3.05. The van der Waals surface area contributed by atoms with Crippen LogP contribution in [0.25, 0.3) is 0 Å². The maximum atomic E-state index is 12.6. The molecule has 3 rings (SSSR count). The van der Waals surface area contributed by atoms with E-state index in [1.165, 1.54) is 5.57 Å². The molecule has 1 aromatic heterocycles. The molecule has 2 fully saturated rings. The third kappa shape index (κ3) is 3.63. The fraction of sp³-hybridized carbons (Fsp3) is 0.579. The molecule has 0 bridgehead atoms. The first-order valence-electron chi connectivity index (χ1n) is 8.47. The molecule has 0 spiro atoms. The summed E-state index contributed by atoms with van der Waals surface area (Å²) in [5.74, 6) is 0.687. The van der Waals surface area contributed by atoms with Gasteiger partial charge in [-0.3, -0.25) is 9.69 Å². The number of amides is 1. The molecule has 0 N–H and O–H groups in total. The predicted molar refractivity (Wildman–Crippen MR) is 92.1 cm³/mol. The lowest BCUT2D eigenvalue weighted by molar-refractivity contribution is 0.0770. The SMILES string of the molecule is C=C(C)C1CN(Cc2cccc(C(=O)N3CCC(C)(C)C3)n2)C1. The number of pyridine rings is 1. The number of aromatic nitrogens is 1. The smallest absolute Gasteiger partial charge is 0.272 e. The minimum atomic E-state index is 0.0702. The van der Waals surface area contributed by atoms with E-state index < -0.39 is 0 Å². The van der Waals surface area contributed by atoms with Gasteiger partial charge in [-0.15, -0.1) is 0 Å². The third-order valence-corrected chi connectivity index (χ3v) is 5.03. The summed E-state index contributed by atoms with van der Waals surface area (Å²) in [6.45, 7) is 15.1. The molecule has 1 amide bonds. The Hall–Kier alpha value is -1.68. The number of likely N-dealkylation sites (tertiary alicyclic amines) is 2. The van der Waals surface area contributed by atoms with Gasteiger partial charge in [-0.05, 0) is 30.9 Å². The highest BCUT2D eigenvalue weighted by Gasteiger charge is 2.33. The van der Waals surface area contributed by atoms with Gasteiger partial charge in [-0.2, -0.15) is 0 Å². The van der Waals surface area contributed by atoms with Gasteiger partial charge in [0.1, 0.15) is 5.69 Å². The normalized spacial score (nSPS) is 21.3. The Kier molecular flexibility index (Phi) is 4.28. The van der Waals surface area contributed by atoms with E-state index in [-0.39, 0.29) is 11.3 Å². The molecule has 23 heavy (non-hydrogen) atoms. The number of rotatable bonds is 4. The Labute approximate surface area is 139 Å². The van der Waals surface area contributed by atoms with Crippen molar-refractivity contribution in [2.45, 2.75) is 33.7 Å². The van der Waals surface area contributed by atoms with Gasteiger partial charge in [0.15, 0.2) is 0 Å². The third-order valence-electron chi connectivity index (χ3n) is 5.03. The maximum absolute atomic E-state index is 12.6. The van der Waals surface area contributed by atoms with Crippen LogP contribution in [0.1, 0.15) is 43.4 Å². The van der Waals surface area contributed by atoms with E-state index in [4.69, 9.17) is 0 Å². The Morgan fingerprint density at radius 2 is 2.13 bits per heavy atom. The van der Waals surface area contributed by atoms with Crippen molar-refractivity contribution >= 4 is 5.91 Å². The highest BCUT2D eigenvalue weighted by molar-refractivity contribution is 5.92. The second-order valence-electron chi connectivity index (χ2n) is 7.89. The van der Waals surface area contributed by atoms with E-state index in [9.17, 15) is 4.79 Å². The van der Waals surface area contributed by atoms with Crippen LogP contribution in [-0.4, -0.2) is 46.9 Å². The molecule has 1 aromatic rings. The van der Waals surface area contributed by atoms with Gasteiger partial charge in [-0.1, -0.05) is 32.1 Å². The van der Waals surface area contributed by atoms with Gasteiger partial charge in [0.25, 0.3) is 5.91 Å². The number of carbonyl (C=O) groups is 1. The molecular weight excluding hydrogens is 286 g/mol. The van der Waals surface area contributed by atoms with E-state index in [2.05, 4.69) is 37.2 Å². The zero-order chi connectivity index (χ0) is 16.6. The summed E-state index contributed by atoms with van der Waals surface area (Å²) in [5, 5.41) is 0. The van der Waals surface area contributed by atoms with Crippen molar-refractivity contribution in [2.75, 3.05) is 26.2 Å². The van der Waals surface area contributed by atoms with Crippen LogP contribution in [-0.2, 0) is 6.54 Å². The van der Waals surface area contributed by atoms with Crippen LogP contribution in [0, 0.1) is 11.3 Å². The summed E-state index contributed by atoms with van der Waals surface area (Å²) in [7, 11) is 0. The van der Waals surface area contributed by atoms with Gasteiger partial charge < -0.3 is 4.90 Å². The van der Waals surface area contributed by atoms with Crippen molar-refractivity contribution in [3.8, 4) is 0 Å². The van der Waals surface area contributed by atoms with Gasteiger partial charge in [0, 0.05) is 38.6 Å². The molecular formula is C19H27N3O. The first-order valence-corrected chi connectivity index (χ1v) is 8.47. The summed E-state index contributed by atoms with van der Waals surface area (Å²) < 4.78 is 0. The quantitative estimate of drug-likeness (QED) is 0.802. The van der Waals surface area contributed by atoms with Crippen molar-refractivity contribution in [1.82, 2.24) is 14.8 Å². The Morgan fingerprint density at radius 1 is 1.39 bits per heavy atom. The fourth-order valence-corrected chi connectivity index (χ4v) is 3.37. The molecule has 2 aliphatic rings. The zero-order valence-electron chi connectivity index (χ0n) is 14.5. The number of hydrogen-bond acceptors (Lipinski definition) is 3. The molecule has 124 valence electrons. The second-order valence-corrected chi connectivity index (χ2v) is 7.89. The average Bonchev–Trinajstić information content (AvgIpc) is 2.81. The Balaban J connectivity index is 1.62. The standard InChI is InChI=1S/C19H27N3O/c1-14(2)15-10-21(11-15)12-16-6-5-7-17(20-16)18(23)22-9-8-19(3,4)13-22/h5-7,15H,1,8-13H2,2-4H3. The van der Waals surface area contributed by atoms with Crippen LogP contribution in [0.5, 0.6) is 0 Å². The molecule has 0 saturated carbocycles. The molecule has 2 aliphatic heterocycles. The molecule has 4 nitrogen and oxygen atoms in total. The van der Waals surface area contributed by atoms with Gasteiger partial charge in [-0.25, -0.2) is 4.98 Å². The van der Waals surface area contributed by atoms with Crippen molar-refractivity contribution in [1.29, 1.82) is 0 Å². The van der Waals surface area contributed by atoms with Crippen LogP contribution < -0.4 is 0 Å². The van der Waals surface area contributed by atoms with E-state index in [1.807, 2.05) is 23.1 Å². The predicted octanol–water partition coefficient (Wildman–Crippen LogP) is 2.96. The first-order chi connectivity index (χ1) is 10.8. The van der Waals surface area contributed by atoms with Gasteiger partial charge in [0.2, 0.25) is 0 Å². The molecule has 0 atom stereocenters. The van der Waals surface area contributed by atoms with E-state index in [0.29, 0.717) is 11.6 Å². The first kappa shape index (κ1) is 16.2. The lowest BCUT2D eigenvalue weighted by Gasteiger charge is -2.39. The lowest BCUT2D eigenvalue weighted by atomic mass is 9.93. The molecule has 3 heterocycles. The summed E-state index contributed by atoms with van der Waals surface area (Å²) in [4.78, 5) is 21.5. The fourth-order valence-electron chi connectivity index (χ4n) is 3.37. The van der Waals surface area contributed by atoms with Crippen LogP contribution in [0.3, 0.4) is 0 Å². The summed E-state index contributed by atoms with van der Waals surface area (Å²) >= 11 is 0. The van der Waals surface area contributed by atoms with Gasteiger partial charge >= 0.3 is 0 Å². The van der Waals surface area contributed by atoms with Crippen LogP contribution in [0.15, 0.2) is 30.4 Å². The molecule has 0 aromatic carbocycles. The van der Waals surface area contributed by atoms with Crippen LogP contribution >= 0.6 is 0 Å². The highest BCUT2D eigenvalue weighted by atomic mass is 16.2. The van der Waals surface area contributed by atoms with E-state index in [1.54, 1.807) is 0 Å². The molecule has 0 unspecified atom stereocenters. The monoisotopic (exact) mass is 313 g/mol. The Bertz CT molecular complexity index is 617. The van der Waals surface area contributed by atoms with E-state index >= 15 is 0 Å². The molecule has 0 aliphatic carbocycles. The van der Waals surface area contributed by atoms with Crippen molar-refractivity contribution < 1.29 is 4.79 Å². The highest BCUT2D eigenvalue weighted by Crippen LogP contribution is 2.29. The summed E-state index contributed by atoms with van der Waals surface area (Å²) in [6.07, 6.45) is 1.06. The maximum Gasteiger partial charge on any atom is 0.272 e. The minimum Gasteiger partial charge on any atom is -0.337 e. The van der Waals surface area contributed by atoms with Gasteiger partial charge in [0.05, 0.1) is 5.69 Å². The second kappa shape index (κ2) is 6.08. The van der Waals surface area contributed by atoms with Crippen LogP contribution in [0.4, 0.5) is 0 Å². The largest absolute Gasteiger partial charge is 0.337 e. The lowest BCUT2D eigenvalue weighted by Crippen LogP contribution is -2.46. The molecule has 4 heteroatoms. The number of nitrogens with zero attached hydrogens (tertiary/aromatic N) is 3. The minimum absolute atomic E-state index is 0.0702. The van der Waals surface area contributed by atoms with Crippen LogP contribution in [0.2, 0.25) is 0 Å². The van der Waals surface area contributed by atoms with E-state index in [0.717, 1.165) is 44.8 Å². The van der Waals surface area contributed by atoms with Crippen molar-refractivity contribution in [3.63, 3.8) is 0 Å². The number of carbonyl (C=O) groups excluding carboxylic acids is 1. The van der Waals surface area contributed by atoms with Crippen molar-refractivity contribution in [2.24, 2.45) is 11.3 Å². The summed E-state index contributed by atoms with van der Waals surface area (Å²) in [6, 6.07) is 5.80.